The second-order valence-electron chi connectivity index (χ2n) is 2.05. The fraction of sp³-hybridized carbons (Fsp3) is 0. The van der Waals surface area contributed by atoms with E-state index in [0.29, 0.717) is 9.50 Å². The fourth-order valence-electron chi connectivity index (χ4n) is 0.712. The third kappa shape index (κ3) is 2.11. The van der Waals surface area contributed by atoms with Crippen molar-refractivity contribution in [2.75, 3.05) is 0 Å². The third-order valence-electron chi connectivity index (χ3n) is 1.22. The SMILES string of the molecule is O=C(O)c1cc(Cl)cc(I)c1Br. The monoisotopic (exact) mass is 360 g/mol. The van der Waals surface area contributed by atoms with E-state index >= 15 is 0 Å². The van der Waals surface area contributed by atoms with E-state index in [2.05, 4.69) is 15.9 Å². The quantitative estimate of drug-likeness (QED) is 0.615. The average Bonchev–Trinajstić information content (AvgIpc) is 1.96. The molecule has 0 aliphatic heterocycles. The topological polar surface area (TPSA) is 37.3 Å². The van der Waals surface area contributed by atoms with Crippen molar-refractivity contribution >= 4 is 56.1 Å². The molecule has 0 atom stereocenters. The molecule has 0 unspecified atom stereocenters. The number of hydrogen-bond donors (Lipinski definition) is 1. The Morgan fingerprint density at radius 1 is 1.58 bits per heavy atom. The Hall–Kier alpha value is 0.190. The molecule has 1 aromatic carbocycles. The van der Waals surface area contributed by atoms with Crippen LogP contribution in [0.3, 0.4) is 0 Å². The largest absolute Gasteiger partial charge is 0.478 e. The molecule has 0 aliphatic carbocycles. The number of halogens is 3. The molecule has 64 valence electrons. The van der Waals surface area contributed by atoms with Crippen LogP contribution in [0, 0.1) is 3.57 Å². The maximum Gasteiger partial charge on any atom is 0.336 e. The van der Waals surface area contributed by atoms with E-state index in [4.69, 9.17) is 16.7 Å². The number of aromatic carboxylic acids is 1. The van der Waals surface area contributed by atoms with Gasteiger partial charge >= 0.3 is 5.97 Å². The first kappa shape index (κ1) is 10.3. The zero-order chi connectivity index (χ0) is 9.30. The molecule has 0 bridgehead atoms. The standard InChI is InChI=1S/C7H3BrClIO2/c8-6-4(7(11)12)1-3(9)2-5(6)10/h1-2H,(H,11,12). The van der Waals surface area contributed by atoms with Crippen LogP contribution in [0.5, 0.6) is 0 Å². The lowest BCUT2D eigenvalue weighted by Crippen LogP contribution is -1.98. The summed E-state index contributed by atoms with van der Waals surface area (Å²) in [7, 11) is 0. The number of hydrogen-bond acceptors (Lipinski definition) is 1. The van der Waals surface area contributed by atoms with Gasteiger partial charge < -0.3 is 5.11 Å². The first-order valence-electron chi connectivity index (χ1n) is 2.90. The van der Waals surface area contributed by atoms with Crippen molar-refractivity contribution in [3.05, 3.63) is 30.8 Å². The minimum absolute atomic E-state index is 0.187. The Balaban J connectivity index is 3.37. The van der Waals surface area contributed by atoms with Gasteiger partial charge in [-0.15, -0.1) is 0 Å². The van der Waals surface area contributed by atoms with Gasteiger partial charge in [-0.1, -0.05) is 11.6 Å². The van der Waals surface area contributed by atoms with Crippen molar-refractivity contribution in [3.8, 4) is 0 Å². The van der Waals surface area contributed by atoms with Crippen LogP contribution < -0.4 is 0 Å². The van der Waals surface area contributed by atoms with Gasteiger partial charge in [0.05, 0.1) is 5.56 Å². The van der Waals surface area contributed by atoms with Crippen LogP contribution in [0.25, 0.3) is 0 Å². The van der Waals surface area contributed by atoms with E-state index in [0.717, 1.165) is 3.57 Å². The highest BCUT2D eigenvalue weighted by atomic mass is 127. The van der Waals surface area contributed by atoms with Crippen LogP contribution in [0.15, 0.2) is 16.6 Å². The lowest BCUT2D eigenvalue weighted by molar-refractivity contribution is 0.0696. The van der Waals surface area contributed by atoms with Crippen molar-refractivity contribution in [1.29, 1.82) is 0 Å². The molecule has 2 nitrogen and oxygen atoms in total. The number of carbonyl (C=O) groups is 1. The Bertz CT molecular complexity index is 340. The Kier molecular flexibility index (Phi) is 3.37. The highest BCUT2D eigenvalue weighted by Gasteiger charge is 2.11. The third-order valence-corrected chi connectivity index (χ3v) is 3.89. The number of carboxylic acid groups (broad SMARTS) is 1. The Labute approximate surface area is 96.2 Å². The molecular formula is C7H3BrClIO2. The molecule has 0 heterocycles. The van der Waals surface area contributed by atoms with Gasteiger partial charge in [-0.25, -0.2) is 4.79 Å². The van der Waals surface area contributed by atoms with Crippen molar-refractivity contribution in [2.24, 2.45) is 0 Å². The van der Waals surface area contributed by atoms with E-state index in [-0.39, 0.29) is 5.56 Å². The molecule has 5 heteroatoms. The summed E-state index contributed by atoms with van der Waals surface area (Å²) in [4.78, 5) is 10.6. The number of benzene rings is 1. The van der Waals surface area contributed by atoms with E-state index in [1.165, 1.54) is 6.07 Å². The summed E-state index contributed by atoms with van der Waals surface area (Å²) in [5.41, 5.74) is 0.187. The van der Waals surface area contributed by atoms with Gasteiger partial charge in [0.1, 0.15) is 0 Å². The molecule has 0 radical (unpaired) electrons. The zero-order valence-electron chi connectivity index (χ0n) is 5.64. The molecule has 0 saturated carbocycles. The molecular weight excluding hydrogens is 358 g/mol. The van der Waals surface area contributed by atoms with Gasteiger partial charge in [0.15, 0.2) is 0 Å². The minimum atomic E-state index is -0.984. The van der Waals surface area contributed by atoms with Gasteiger partial charge in [0.2, 0.25) is 0 Å². The summed E-state index contributed by atoms with van der Waals surface area (Å²) in [5.74, 6) is -0.984. The van der Waals surface area contributed by atoms with Gasteiger partial charge in [-0.3, -0.25) is 0 Å². The predicted molar refractivity (Wildman–Crippen MR) is 58.8 cm³/mol. The summed E-state index contributed by atoms with van der Waals surface area (Å²) in [6, 6.07) is 3.11. The molecule has 0 amide bonds. The van der Waals surface area contributed by atoms with E-state index < -0.39 is 5.97 Å². The summed E-state index contributed by atoms with van der Waals surface area (Å²) >= 11 is 10.9. The molecule has 12 heavy (non-hydrogen) atoms. The highest BCUT2D eigenvalue weighted by molar-refractivity contribution is 14.1. The second kappa shape index (κ2) is 3.93. The summed E-state index contributed by atoms with van der Waals surface area (Å²) in [6.45, 7) is 0. The van der Waals surface area contributed by atoms with Gasteiger partial charge in [0.25, 0.3) is 0 Å². The Morgan fingerprint density at radius 3 is 2.67 bits per heavy atom. The summed E-state index contributed by atoms with van der Waals surface area (Å²) in [5, 5.41) is 9.15. The molecule has 0 saturated heterocycles. The summed E-state index contributed by atoms with van der Waals surface area (Å²) in [6.07, 6.45) is 0. The highest BCUT2D eigenvalue weighted by Crippen LogP contribution is 2.27. The molecule has 1 rings (SSSR count). The van der Waals surface area contributed by atoms with E-state index in [9.17, 15) is 4.79 Å². The molecule has 0 spiro atoms. The zero-order valence-corrected chi connectivity index (χ0v) is 10.1. The normalized spacial score (nSPS) is 9.92. The van der Waals surface area contributed by atoms with Crippen molar-refractivity contribution in [3.63, 3.8) is 0 Å². The average molecular weight is 361 g/mol. The minimum Gasteiger partial charge on any atom is -0.478 e. The predicted octanol–water partition coefficient (Wildman–Crippen LogP) is 3.41. The summed E-state index contributed by atoms with van der Waals surface area (Å²) < 4.78 is 1.36. The smallest absolute Gasteiger partial charge is 0.336 e. The molecule has 0 aromatic heterocycles. The van der Waals surface area contributed by atoms with Crippen molar-refractivity contribution < 1.29 is 9.90 Å². The second-order valence-corrected chi connectivity index (χ2v) is 4.45. The van der Waals surface area contributed by atoms with Gasteiger partial charge in [-0.2, -0.15) is 0 Å². The maximum absolute atomic E-state index is 10.6. The first-order chi connectivity index (χ1) is 5.52. The lowest BCUT2D eigenvalue weighted by atomic mass is 10.2. The van der Waals surface area contributed by atoms with Gasteiger partial charge in [0, 0.05) is 13.1 Å². The molecule has 1 aromatic rings. The van der Waals surface area contributed by atoms with Crippen LogP contribution in [-0.4, -0.2) is 11.1 Å². The molecule has 0 aliphatic rings. The van der Waals surface area contributed by atoms with Crippen molar-refractivity contribution in [2.45, 2.75) is 0 Å². The Morgan fingerprint density at radius 2 is 2.17 bits per heavy atom. The number of carboxylic acids is 1. The first-order valence-corrected chi connectivity index (χ1v) is 5.15. The van der Waals surface area contributed by atoms with Crippen LogP contribution >= 0.6 is 50.1 Å². The fourth-order valence-corrected chi connectivity index (χ4v) is 2.14. The van der Waals surface area contributed by atoms with Crippen LogP contribution in [0.4, 0.5) is 0 Å². The van der Waals surface area contributed by atoms with Crippen LogP contribution in [0.1, 0.15) is 10.4 Å². The lowest BCUT2D eigenvalue weighted by Gasteiger charge is -2.01. The maximum atomic E-state index is 10.6. The van der Waals surface area contributed by atoms with E-state index in [1.54, 1.807) is 6.07 Å². The molecule has 1 N–H and O–H groups in total. The van der Waals surface area contributed by atoms with Gasteiger partial charge in [-0.05, 0) is 50.7 Å². The van der Waals surface area contributed by atoms with Crippen LogP contribution in [-0.2, 0) is 0 Å². The number of rotatable bonds is 1. The van der Waals surface area contributed by atoms with E-state index in [1.807, 2.05) is 22.6 Å². The van der Waals surface area contributed by atoms with Crippen molar-refractivity contribution in [1.82, 2.24) is 0 Å². The van der Waals surface area contributed by atoms with Crippen LogP contribution in [0.2, 0.25) is 5.02 Å². The molecule has 0 fully saturated rings.